The summed E-state index contributed by atoms with van der Waals surface area (Å²) in [6.07, 6.45) is 3.37. The van der Waals surface area contributed by atoms with Gasteiger partial charge in [0.25, 0.3) is 0 Å². The van der Waals surface area contributed by atoms with Gasteiger partial charge < -0.3 is 11.1 Å². The average Bonchev–Trinajstić information content (AvgIpc) is 2.91. The van der Waals surface area contributed by atoms with Crippen LogP contribution in [0.2, 0.25) is 0 Å². The Labute approximate surface area is 122 Å². The Morgan fingerprint density at radius 3 is 2.95 bits per heavy atom. The van der Waals surface area contributed by atoms with Crippen molar-refractivity contribution in [2.75, 3.05) is 18.0 Å². The van der Waals surface area contributed by atoms with Crippen LogP contribution in [-0.2, 0) is 21.1 Å². The van der Waals surface area contributed by atoms with Gasteiger partial charge in [0.05, 0.1) is 11.4 Å². The molecule has 6 nitrogen and oxygen atoms in total. The monoisotopic (exact) mass is 315 g/mol. The van der Waals surface area contributed by atoms with Crippen molar-refractivity contribution in [3.63, 3.8) is 0 Å². The van der Waals surface area contributed by atoms with Gasteiger partial charge in [-0.1, -0.05) is 6.08 Å². The number of anilines is 1. The third kappa shape index (κ3) is 4.61. The van der Waals surface area contributed by atoms with Crippen molar-refractivity contribution in [1.82, 2.24) is 10.3 Å². The first-order valence-corrected chi connectivity index (χ1v) is 8.92. The van der Waals surface area contributed by atoms with Crippen LogP contribution in [0.1, 0.15) is 18.5 Å². The lowest BCUT2D eigenvalue weighted by atomic mass is 10.1. The van der Waals surface area contributed by atoms with E-state index in [1.54, 1.807) is 6.08 Å². The highest BCUT2D eigenvalue weighted by atomic mass is 32.2. The maximum Gasteiger partial charge on any atom is 0.220 e. The maximum atomic E-state index is 11.7. The molecule has 1 aliphatic rings. The fourth-order valence-electron chi connectivity index (χ4n) is 2.01. The highest BCUT2D eigenvalue weighted by Crippen LogP contribution is 2.18. The summed E-state index contributed by atoms with van der Waals surface area (Å²) in [5.41, 5.74) is 6.46. The van der Waals surface area contributed by atoms with E-state index in [4.69, 9.17) is 5.73 Å². The van der Waals surface area contributed by atoms with E-state index in [1.807, 2.05) is 5.38 Å². The van der Waals surface area contributed by atoms with Gasteiger partial charge in [-0.05, 0) is 12.8 Å². The second kappa shape index (κ2) is 6.36. The topological polar surface area (TPSA) is 102 Å². The maximum absolute atomic E-state index is 11.7. The van der Waals surface area contributed by atoms with Gasteiger partial charge in [0.1, 0.15) is 0 Å². The number of rotatable bonds is 6. The Morgan fingerprint density at radius 2 is 2.35 bits per heavy atom. The highest BCUT2D eigenvalue weighted by Gasteiger charge is 2.23. The molecule has 1 aromatic rings. The summed E-state index contributed by atoms with van der Waals surface area (Å²) >= 11 is 1.40. The standard InChI is InChI=1S/C12H17N3O3S2/c13-12-15-10(7-19-12)2-1-4-14-11(16)6-9-3-5-20(17,18)8-9/h3,5,7,9H,1-2,4,6,8H2,(H2,13,15)(H,14,16). The van der Waals surface area contributed by atoms with Crippen LogP contribution < -0.4 is 11.1 Å². The number of amides is 1. The van der Waals surface area contributed by atoms with Crippen LogP contribution in [0, 0.1) is 5.92 Å². The van der Waals surface area contributed by atoms with Crippen LogP contribution in [0.3, 0.4) is 0 Å². The number of hydrogen-bond donors (Lipinski definition) is 2. The van der Waals surface area contributed by atoms with Crippen molar-refractivity contribution >= 4 is 32.2 Å². The molecule has 1 atom stereocenters. The first-order valence-electron chi connectivity index (χ1n) is 6.32. The fraction of sp³-hybridized carbons (Fsp3) is 0.500. The van der Waals surface area contributed by atoms with Gasteiger partial charge in [0.2, 0.25) is 5.91 Å². The third-order valence-corrected chi connectivity index (χ3v) is 5.14. The van der Waals surface area contributed by atoms with E-state index in [2.05, 4.69) is 10.3 Å². The van der Waals surface area contributed by atoms with Gasteiger partial charge in [0, 0.05) is 29.7 Å². The van der Waals surface area contributed by atoms with Crippen molar-refractivity contribution in [2.45, 2.75) is 19.3 Å². The van der Waals surface area contributed by atoms with Gasteiger partial charge in [-0.25, -0.2) is 13.4 Å². The molecule has 20 heavy (non-hydrogen) atoms. The molecule has 0 saturated heterocycles. The van der Waals surface area contributed by atoms with E-state index < -0.39 is 9.84 Å². The quantitative estimate of drug-likeness (QED) is 0.753. The number of carbonyl (C=O) groups is 1. The summed E-state index contributed by atoms with van der Waals surface area (Å²) in [6, 6.07) is 0. The SMILES string of the molecule is Nc1nc(CCCNC(=O)CC2C=CS(=O)(=O)C2)cs1. The van der Waals surface area contributed by atoms with E-state index in [0.29, 0.717) is 11.7 Å². The average molecular weight is 315 g/mol. The largest absolute Gasteiger partial charge is 0.375 e. The van der Waals surface area contributed by atoms with Crippen molar-refractivity contribution < 1.29 is 13.2 Å². The number of nitrogen functional groups attached to an aromatic ring is 1. The van der Waals surface area contributed by atoms with Gasteiger partial charge in [-0.15, -0.1) is 11.3 Å². The number of sulfone groups is 1. The minimum atomic E-state index is -3.08. The third-order valence-electron chi connectivity index (χ3n) is 2.95. The molecule has 3 N–H and O–H groups in total. The molecule has 8 heteroatoms. The predicted octanol–water partition coefficient (Wildman–Crippen LogP) is 0.723. The molecule has 2 rings (SSSR count). The molecule has 0 aromatic carbocycles. The molecule has 1 amide bonds. The lowest BCUT2D eigenvalue weighted by Crippen LogP contribution is -2.27. The zero-order valence-corrected chi connectivity index (χ0v) is 12.5. The minimum Gasteiger partial charge on any atom is -0.375 e. The van der Waals surface area contributed by atoms with Crippen molar-refractivity contribution in [1.29, 1.82) is 0 Å². The zero-order valence-electron chi connectivity index (χ0n) is 10.9. The summed E-state index contributed by atoms with van der Waals surface area (Å²) in [6.45, 7) is 0.555. The Balaban J connectivity index is 1.62. The lowest BCUT2D eigenvalue weighted by molar-refractivity contribution is -0.121. The number of aryl methyl sites for hydroxylation is 1. The van der Waals surface area contributed by atoms with Crippen LogP contribution in [0.5, 0.6) is 0 Å². The van der Waals surface area contributed by atoms with Crippen LogP contribution in [0.25, 0.3) is 0 Å². The number of hydrogen-bond acceptors (Lipinski definition) is 6. The molecule has 1 unspecified atom stereocenters. The second-order valence-electron chi connectivity index (χ2n) is 4.75. The normalized spacial score (nSPS) is 20.1. The van der Waals surface area contributed by atoms with E-state index in [9.17, 15) is 13.2 Å². The molecule has 0 saturated carbocycles. The molecular weight excluding hydrogens is 298 g/mol. The van der Waals surface area contributed by atoms with Crippen molar-refractivity contribution in [2.24, 2.45) is 5.92 Å². The number of carbonyl (C=O) groups excluding carboxylic acids is 1. The Hall–Kier alpha value is -1.41. The predicted molar refractivity (Wildman–Crippen MR) is 78.9 cm³/mol. The Morgan fingerprint density at radius 1 is 1.55 bits per heavy atom. The van der Waals surface area contributed by atoms with E-state index in [0.717, 1.165) is 18.5 Å². The van der Waals surface area contributed by atoms with Crippen LogP contribution >= 0.6 is 11.3 Å². The number of aromatic nitrogens is 1. The van der Waals surface area contributed by atoms with E-state index in [-0.39, 0.29) is 24.0 Å². The molecule has 0 radical (unpaired) electrons. The molecule has 0 fully saturated rings. The van der Waals surface area contributed by atoms with Crippen LogP contribution in [0.15, 0.2) is 16.9 Å². The fourth-order valence-corrected chi connectivity index (χ4v) is 4.01. The van der Waals surface area contributed by atoms with E-state index >= 15 is 0 Å². The van der Waals surface area contributed by atoms with Crippen molar-refractivity contribution in [3.8, 4) is 0 Å². The molecular formula is C12H17N3O3S2. The minimum absolute atomic E-state index is 0.0402. The lowest BCUT2D eigenvalue weighted by Gasteiger charge is -2.07. The zero-order chi connectivity index (χ0) is 14.6. The number of nitrogens with two attached hydrogens (primary N) is 1. The van der Waals surface area contributed by atoms with Gasteiger partial charge in [-0.3, -0.25) is 4.79 Å². The summed E-state index contributed by atoms with van der Waals surface area (Å²) in [5.74, 6) is -0.272. The first kappa shape index (κ1) is 15.0. The summed E-state index contributed by atoms with van der Waals surface area (Å²) in [7, 11) is -3.08. The highest BCUT2D eigenvalue weighted by molar-refractivity contribution is 7.94. The second-order valence-corrected chi connectivity index (χ2v) is 7.57. The number of nitrogens with one attached hydrogen (secondary N) is 1. The molecule has 110 valence electrons. The Bertz CT molecular complexity index is 607. The molecule has 0 aliphatic carbocycles. The smallest absolute Gasteiger partial charge is 0.220 e. The van der Waals surface area contributed by atoms with E-state index in [1.165, 1.54) is 16.7 Å². The van der Waals surface area contributed by atoms with Gasteiger partial charge in [-0.2, -0.15) is 0 Å². The summed E-state index contributed by atoms with van der Waals surface area (Å²) in [4.78, 5) is 15.8. The summed E-state index contributed by atoms with van der Waals surface area (Å²) < 4.78 is 22.4. The number of nitrogens with zero attached hydrogens (tertiary/aromatic N) is 1. The van der Waals surface area contributed by atoms with Gasteiger partial charge >= 0.3 is 0 Å². The molecule has 0 spiro atoms. The molecule has 1 aliphatic heterocycles. The number of thiazole rings is 1. The van der Waals surface area contributed by atoms with Gasteiger partial charge in [0.15, 0.2) is 15.0 Å². The first-order chi connectivity index (χ1) is 9.44. The molecule has 1 aromatic heterocycles. The van der Waals surface area contributed by atoms with Crippen LogP contribution in [0.4, 0.5) is 5.13 Å². The molecule has 0 bridgehead atoms. The Kier molecular flexibility index (Phi) is 4.77. The van der Waals surface area contributed by atoms with Crippen molar-refractivity contribution in [3.05, 3.63) is 22.6 Å². The summed E-state index contributed by atoms with van der Waals surface area (Å²) in [5, 5.41) is 6.44. The van der Waals surface area contributed by atoms with Crippen LogP contribution in [-0.4, -0.2) is 31.6 Å². The number of allylic oxidation sites excluding steroid dienone is 1. The molecule has 2 heterocycles.